The zero-order chi connectivity index (χ0) is 11.3. The zero-order valence-electron chi connectivity index (χ0n) is 8.03. The third-order valence-corrected chi connectivity index (χ3v) is 1.77. The first-order valence-corrected chi connectivity index (χ1v) is 4.62. The Bertz CT molecular complexity index is 401. The summed E-state index contributed by atoms with van der Waals surface area (Å²) in [5, 5.41) is 11.4. The minimum Gasteiger partial charge on any atom is -0.431 e. The first-order chi connectivity index (χ1) is 7.11. The van der Waals surface area contributed by atoms with Crippen molar-refractivity contribution in [1.29, 1.82) is 5.26 Å². The van der Waals surface area contributed by atoms with E-state index in [0.29, 0.717) is 10.7 Å². The molecule has 0 heterocycles. The quantitative estimate of drug-likeness (QED) is 0.840. The molecule has 1 N–H and O–H groups in total. The standard InChI is InChI=1S/C10H9ClN2O2/c1-7(6-12)15-10(14)13-9-4-2-3-8(11)5-9/h2-5,7H,1H3,(H,13,14)/t7-/m0/s1. The highest BCUT2D eigenvalue weighted by Gasteiger charge is 2.07. The SMILES string of the molecule is C[C@@H](C#N)OC(=O)Nc1cccc(Cl)c1. The van der Waals surface area contributed by atoms with Crippen LogP contribution in [-0.2, 0) is 4.74 Å². The molecule has 0 spiro atoms. The minimum atomic E-state index is -0.774. The Morgan fingerprint density at radius 2 is 2.40 bits per heavy atom. The molecule has 0 aliphatic carbocycles. The zero-order valence-corrected chi connectivity index (χ0v) is 8.78. The van der Waals surface area contributed by atoms with E-state index in [9.17, 15) is 4.79 Å². The molecule has 0 aromatic heterocycles. The van der Waals surface area contributed by atoms with Crippen LogP contribution in [0.3, 0.4) is 0 Å². The molecule has 15 heavy (non-hydrogen) atoms. The van der Waals surface area contributed by atoms with Crippen molar-refractivity contribution in [3.63, 3.8) is 0 Å². The molecular formula is C10H9ClN2O2. The van der Waals surface area contributed by atoms with Gasteiger partial charge in [0, 0.05) is 10.7 Å². The van der Waals surface area contributed by atoms with E-state index in [1.165, 1.54) is 6.92 Å². The van der Waals surface area contributed by atoms with E-state index in [1.807, 2.05) is 0 Å². The Morgan fingerprint density at radius 1 is 1.67 bits per heavy atom. The molecule has 0 saturated carbocycles. The highest BCUT2D eigenvalue weighted by molar-refractivity contribution is 6.30. The number of nitriles is 1. The van der Waals surface area contributed by atoms with Crippen LogP contribution in [0, 0.1) is 11.3 Å². The number of halogens is 1. The van der Waals surface area contributed by atoms with E-state index >= 15 is 0 Å². The summed E-state index contributed by atoms with van der Waals surface area (Å²) in [7, 11) is 0. The molecule has 5 heteroatoms. The largest absolute Gasteiger partial charge is 0.431 e. The molecule has 0 radical (unpaired) electrons. The van der Waals surface area contributed by atoms with Crippen molar-refractivity contribution in [3.05, 3.63) is 29.3 Å². The van der Waals surface area contributed by atoms with Crippen molar-refractivity contribution >= 4 is 23.4 Å². The van der Waals surface area contributed by atoms with Gasteiger partial charge in [-0.2, -0.15) is 5.26 Å². The van der Waals surface area contributed by atoms with Crippen molar-refractivity contribution in [2.24, 2.45) is 0 Å². The summed E-state index contributed by atoms with van der Waals surface area (Å²) in [4.78, 5) is 11.2. The van der Waals surface area contributed by atoms with Gasteiger partial charge in [0.2, 0.25) is 0 Å². The number of rotatable bonds is 2. The summed E-state index contributed by atoms with van der Waals surface area (Å²) in [6.45, 7) is 1.48. The molecule has 0 bridgehead atoms. The fourth-order valence-corrected chi connectivity index (χ4v) is 1.09. The monoisotopic (exact) mass is 224 g/mol. The van der Waals surface area contributed by atoms with Crippen LogP contribution in [0.5, 0.6) is 0 Å². The fourth-order valence-electron chi connectivity index (χ4n) is 0.900. The van der Waals surface area contributed by atoms with Crippen LogP contribution in [0.4, 0.5) is 10.5 Å². The average Bonchev–Trinajstić information content (AvgIpc) is 2.17. The van der Waals surface area contributed by atoms with Crippen molar-refractivity contribution in [3.8, 4) is 6.07 Å². The van der Waals surface area contributed by atoms with Crippen LogP contribution in [0.15, 0.2) is 24.3 Å². The first-order valence-electron chi connectivity index (χ1n) is 4.24. The second-order valence-electron chi connectivity index (χ2n) is 2.81. The van der Waals surface area contributed by atoms with E-state index in [0.717, 1.165) is 0 Å². The number of carbonyl (C=O) groups is 1. The number of nitrogens with zero attached hydrogens (tertiary/aromatic N) is 1. The molecule has 0 fully saturated rings. The van der Waals surface area contributed by atoms with Crippen LogP contribution in [0.25, 0.3) is 0 Å². The Balaban J connectivity index is 2.56. The van der Waals surface area contributed by atoms with Crippen molar-refractivity contribution in [2.75, 3.05) is 5.32 Å². The first kappa shape index (κ1) is 11.3. The summed E-state index contributed by atoms with van der Waals surface area (Å²) in [5.41, 5.74) is 0.526. The van der Waals surface area contributed by atoms with Gasteiger partial charge in [-0.1, -0.05) is 17.7 Å². The highest BCUT2D eigenvalue weighted by atomic mass is 35.5. The molecule has 1 amide bonds. The van der Waals surface area contributed by atoms with Gasteiger partial charge in [-0.3, -0.25) is 5.32 Å². The Labute approximate surface area is 92.4 Å². The topological polar surface area (TPSA) is 62.1 Å². The molecule has 0 saturated heterocycles. The van der Waals surface area contributed by atoms with Gasteiger partial charge in [0.15, 0.2) is 6.10 Å². The molecule has 4 nitrogen and oxygen atoms in total. The lowest BCUT2D eigenvalue weighted by molar-refractivity contribution is 0.144. The Hall–Kier alpha value is -1.73. The van der Waals surface area contributed by atoms with E-state index in [1.54, 1.807) is 30.3 Å². The van der Waals surface area contributed by atoms with E-state index in [-0.39, 0.29) is 0 Å². The van der Waals surface area contributed by atoms with Gasteiger partial charge in [0.05, 0.1) is 0 Å². The lowest BCUT2D eigenvalue weighted by Crippen LogP contribution is -2.18. The summed E-state index contributed by atoms with van der Waals surface area (Å²) < 4.78 is 4.69. The number of ether oxygens (including phenoxy) is 1. The molecule has 0 aliphatic heterocycles. The van der Waals surface area contributed by atoms with Crippen LogP contribution in [0.2, 0.25) is 5.02 Å². The molecule has 1 atom stereocenters. The Morgan fingerprint density at radius 3 is 3.00 bits per heavy atom. The van der Waals surface area contributed by atoms with E-state index in [2.05, 4.69) is 10.1 Å². The molecule has 1 aromatic carbocycles. The second-order valence-corrected chi connectivity index (χ2v) is 3.25. The van der Waals surface area contributed by atoms with Crippen molar-refractivity contribution in [1.82, 2.24) is 0 Å². The van der Waals surface area contributed by atoms with Crippen molar-refractivity contribution < 1.29 is 9.53 Å². The number of hydrogen-bond acceptors (Lipinski definition) is 3. The normalized spacial score (nSPS) is 11.3. The van der Waals surface area contributed by atoms with Crippen LogP contribution >= 0.6 is 11.6 Å². The predicted molar refractivity (Wildman–Crippen MR) is 56.6 cm³/mol. The van der Waals surface area contributed by atoms with E-state index < -0.39 is 12.2 Å². The summed E-state index contributed by atoms with van der Waals surface area (Å²) >= 11 is 5.72. The van der Waals surface area contributed by atoms with Crippen molar-refractivity contribution in [2.45, 2.75) is 13.0 Å². The van der Waals surface area contributed by atoms with Crippen LogP contribution in [0.1, 0.15) is 6.92 Å². The predicted octanol–water partition coefficient (Wildman–Crippen LogP) is 2.80. The van der Waals surface area contributed by atoms with Crippen LogP contribution < -0.4 is 5.32 Å². The molecule has 0 unspecified atom stereocenters. The second kappa shape index (κ2) is 5.23. The molecule has 1 rings (SSSR count). The van der Waals surface area contributed by atoms with Gasteiger partial charge in [-0.25, -0.2) is 4.79 Å². The number of amides is 1. The lowest BCUT2D eigenvalue weighted by Gasteiger charge is -2.07. The molecule has 1 aromatic rings. The summed E-state index contributed by atoms with van der Waals surface area (Å²) in [6, 6.07) is 8.43. The van der Waals surface area contributed by atoms with Crippen LogP contribution in [-0.4, -0.2) is 12.2 Å². The van der Waals surface area contributed by atoms with Gasteiger partial charge >= 0.3 is 6.09 Å². The number of nitrogens with one attached hydrogen (secondary N) is 1. The van der Waals surface area contributed by atoms with E-state index in [4.69, 9.17) is 16.9 Å². The maximum atomic E-state index is 11.2. The number of benzene rings is 1. The summed E-state index contributed by atoms with van der Waals surface area (Å²) in [6.07, 6.45) is -1.45. The fraction of sp³-hybridized carbons (Fsp3) is 0.200. The third kappa shape index (κ3) is 3.88. The smallest absolute Gasteiger partial charge is 0.412 e. The highest BCUT2D eigenvalue weighted by Crippen LogP contribution is 2.15. The van der Waals surface area contributed by atoms with Gasteiger partial charge in [-0.05, 0) is 25.1 Å². The maximum Gasteiger partial charge on any atom is 0.412 e. The Kier molecular flexibility index (Phi) is 3.95. The maximum absolute atomic E-state index is 11.2. The van der Waals surface area contributed by atoms with Gasteiger partial charge in [0.1, 0.15) is 6.07 Å². The van der Waals surface area contributed by atoms with Gasteiger partial charge < -0.3 is 4.74 Å². The molecular weight excluding hydrogens is 216 g/mol. The molecule has 78 valence electrons. The lowest BCUT2D eigenvalue weighted by atomic mass is 10.3. The van der Waals surface area contributed by atoms with Gasteiger partial charge in [0.25, 0.3) is 0 Å². The number of anilines is 1. The number of hydrogen-bond donors (Lipinski definition) is 1. The van der Waals surface area contributed by atoms with Gasteiger partial charge in [-0.15, -0.1) is 0 Å². The number of carbonyl (C=O) groups excluding carboxylic acids is 1. The minimum absolute atomic E-state index is 0.515. The summed E-state index contributed by atoms with van der Waals surface area (Å²) in [5.74, 6) is 0. The molecule has 0 aliphatic rings. The third-order valence-electron chi connectivity index (χ3n) is 1.54. The average molecular weight is 225 g/mol.